The molecule has 0 amide bonds. The van der Waals surface area contributed by atoms with Gasteiger partial charge in [-0.3, -0.25) is 0 Å². The lowest BCUT2D eigenvalue weighted by atomic mass is 9.71. The highest BCUT2D eigenvalue weighted by atomic mass is 16.9. The summed E-state index contributed by atoms with van der Waals surface area (Å²) in [6.07, 6.45) is 23.2. The van der Waals surface area contributed by atoms with Crippen LogP contribution < -0.4 is 0 Å². The molecule has 1 atom stereocenters. The van der Waals surface area contributed by atoms with E-state index in [0.717, 1.165) is 19.3 Å². The highest BCUT2D eigenvalue weighted by molar-refractivity contribution is 4.89. The predicted molar refractivity (Wildman–Crippen MR) is 135 cm³/mol. The number of rotatable bonds is 23. The van der Waals surface area contributed by atoms with Gasteiger partial charge in [0.1, 0.15) is 0 Å². The summed E-state index contributed by atoms with van der Waals surface area (Å²) in [4.78, 5) is 0. The number of ether oxygens (including phenoxy) is 3. The minimum absolute atomic E-state index is 0.0809. The Morgan fingerprint density at radius 3 is 1.19 bits per heavy atom. The molecule has 3 nitrogen and oxygen atoms in total. The van der Waals surface area contributed by atoms with E-state index >= 15 is 0 Å². The molecule has 0 aliphatic heterocycles. The van der Waals surface area contributed by atoms with Crippen molar-refractivity contribution in [3.05, 3.63) is 0 Å². The van der Waals surface area contributed by atoms with Crippen LogP contribution in [0.25, 0.3) is 0 Å². The van der Waals surface area contributed by atoms with Gasteiger partial charge in [-0.1, -0.05) is 124 Å². The van der Waals surface area contributed by atoms with Gasteiger partial charge in [0.15, 0.2) is 0 Å². The molecule has 188 valence electrons. The molecule has 0 bridgehead atoms. The summed E-state index contributed by atoms with van der Waals surface area (Å²) in [5.41, 5.74) is -0.0809. The molecule has 0 heterocycles. The fourth-order valence-corrected chi connectivity index (χ4v) is 5.14. The van der Waals surface area contributed by atoms with Gasteiger partial charge in [0.25, 0.3) is 5.97 Å². The molecule has 0 aromatic rings. The van der Waals surface area contributed by atoms with E-state index in [1.54, 1.807) is 21.3 Å². The van der Waals surface area contributed by atoms with Gasteiger partial charge < -0.3 is 14.2 Å². The smallest absolute Gasteiger partial charge is 0.288 e. The molecule has 0 rings (SSSR count). The molecule has 0 aliphatic carbocycles. The summed E-state index contributed by atoms with van der Waals surface area (Å²) < 4.78 is 18.0. The molecule has 3 heteroatoms. The molecule has 0 aromatic carbocycles. The van der Waals surface area contributed by atoms with E-state index in [2.05, 4.69) is 27.7 Å². The fraction of sp³-hybridized carbons (Fsp3) is 1.00. The van der Waals surface area contributed by atoms with Crippen LogP contribution in [0.3, 0.4) is 0 Å². The molecule has 0 radical (unpaired) electrons. The van der Waals surface area contributed by atoms with Crippen LogP contribution in [-0.4, -0.2) is 27.3 Å². The minimum Gasteiger partial charge on any atom is -0.330 e. The lowest BCUT2D eigenvalue weighted by Crippen LogP contribution is -2.53. The van der Waals surface area contributed by atoms with Gasteiger partial charge in [0, 0.05) is 21.3 Å². The molecular weight excluding hydrogens is 384 g/mol. The predicted octanol–water partition coefficient (Wildman–Crippen LogP) is 9.28. The Hall–Kier alpha value is -0.120. The van der Waals surface area contributed by atoms with Gasteiger partial charge in [0.2, 0.25) is 0 Å². The molecule has 0 saturated heterocycles. The monoisotopic (exact) mass is 442 g/mol. The van der Waals surface area contributed by atoms with Crippen molar-refractivity contribution in [1.29, 1.82) is 0 Å². The average Bonchev–Trinajstić information content (AvgIpc) is 2.77. The number of hydrogen-bond acceptors (Lipinski definition) is 3. The Kier molecular flexibility index (Phi) is 19.3. The first-order valence-corrected chi connectivity index (χ1v) is 13.6. The third-order valence-electron chi connectivity index (χ3n) is 7.17. The van der Waals surface area contributed by atoms with Crippen molar-refractivity contribution in [2.24, 2.45) is 11.3 Å². The van der Waals surface area contributed by atoms with Gasteiger partial charge in [-0.25, -0.2) is 0 Å². The zero-order valence-electron chi connectivity index (χ0n) is 22.5. The lowest BCUT2D eigenvalue weighted by molar-refractivity contribution is -0.411. The second-order valence-electron chi connectivity index (χ2n) is 10.1. The van der Waals surface area contributed by atoms with E-state index in [-0.39, 0.29) is 5.41 Å². The Bertz CT molecular complexity index is 370. The summed E-state index contributed by atoms with van der Waals surface area (Å²) in [6, 6.07) is 0. The lowest BCUT2D eigenvalue weighted by Gasteiger charge is -2.48. The third kappa shape index (κ3) is 12.1. The van der Waals surface area contributed by atoms with Gasteiger partial charge in [0.05, 0.1) is 5.41 Å². The van der Waals surface area contributed by atoms with Gasteiger partial charge in [-0.15, -0.1) is 0 Å². The SMILES string of the molecule is CCCCCCCCCCC(CCCCCCCC)(CCC(C)C)C(OC)(OC)OC. The van der Waals surface area contributed by atoms with Crippen LogP contribution in [-0.2, 0) is 14.2 Å². The van der Waals surface area contributed by atoms with Crippen LogP contribution in [0.4, 0.5) is 0 Å². The molecule has 0 fully saturated rings. The molecule has 0 aliphatic rings. The van der Waals surface area contributed by atoms with Crippen molar-refractivity contribution in [1.82, 2.24) is 0 Å². The van der Waals surface area contributed by atoms with Crippen LogP contribution in [0.2, 0.25) is 0 Å². The Morgan fingerprint density at radius 2 is 0.871 bits per heavy atom. The molecule has 0 N–H and O–H groups in total. The van der Waals surface area contributed by atoms with E-state index in [0.29, 0.717) is 5.92 Å². The Balaban J connectivity index is 5.11. The maximum atomic E-state index is 6.01. The molecule has 0 saturated carbocycles. The van der Waals surface area contributed by atoms with E-state index < -0.39 is 5.97 Å². The molecule has 1 unspecified atom stereocenters. The van der Waals surface area contributed by atoms with Crippen molar-refractivity contribution >= 4 is 0 Å². The maximum absolute atomic E-state index is 6.01. The van der Waals surface area contributed by atoms with Crippen LogP contribution in [0.1, 0.15) is 143 Å². The summed E-state index contributed by atoms with van der Waals surface area (Å²) in [5, 5.41) is 0. The van der Waals surface area contributed by atoms with E-state index in [4.69, 9.17) is 14.2 Å². The van der Waals surface area contributed by atoms with Gasteiger partial charge in [-0.2, -0.15) is 0 Å². The molecular formula is C28H58O3. The number of unbranched alkanes of at least 4 members (excludes halogenated alkanes) is 12. The van der Waals surface area contributed by atoms with Crippen LogP contribution in [0, 0.1) is 11.3 Å². The summed E-state index contributed by atoms with van der Waals surface area (Å²) >= 11 is 0. The van der Waals surface area contributed by atoms with Crippen molar-refractivity contribution in [2.75, 3.05) is 21.3 Å². The van der Waals surface area contributed by atoms with Crippen molar-refractivity contribution in [2.45, 2.75) is 149 Å². The van der Waals surface area contributed by atoms with E-state index in [1.165, 1.54) is 96.3 Å². The highest BCUT2D eigenvalue weighted by Crippen LogP contribution is 2.49. The van der Waals surface area contributed by atoms with Crippen molar-refractivity contribution in [3.8, 4) is 0 Å². The van der Waals surface area contributed by atoms with E-state index in [9.17, 15) is 0 Å². The Labute approximate surface area is 196 Å². The first-order chi connectivity index (χ1) is 15.0. The maximum Gasteiger partial charge on any atom is 0.288 e. The first-order valence-electron chi connectivity index (χ1n) is 13.6. The van der Waals surface area contributed by atoms with Gasteiger partial charge >= 0.3 is 0 Å². The molecule has 31 heavy (non-hydrogen) atoms. The zero-order valence-corrected chi connectivity index (χ0v) is 22.5. The quantitative estimate of drug-likeness (QED) is 0.116. The topological polar surface area (TPSA) is 27.7 Å². The minimum atomic E-state index is -0.938. The van der Waals surface area contributed by atoms with Crippen molar-refractivity contribution in [3.63, 3.8) is 0 Å². The summed E-state index contributed by atoms with van der Waals surface area (Å²) in [5.74, 6) is -0.266. The van der Waals surface area contributed by atoms with Gasteiger partial charge in [-0.05, 0) is 25.2 Å². The third-order valence-corrected chi connectivity index (χ3v) is 7.17. The van der Waals surface area contributed by atoms with Crippen LogP contribution in [0.15, 0.2) is 0 Å². The van der Waals surface area contributed by atoms with Crippen LogP contribution in [0.5, 0.6) is 0 Å². The largest absolute Gasteiger partial charge is 0.330 e. The number of methoxy groups -OCH3 is 3. The number of hydrogen-bond donors (Lipinski definition) is 0. The van der Waals surface area contributed by atoms with Crippen molar-refractivity contribution < 1.29 is 14.2 Å². The molecule has 0 aromatic heterocycles. The fourth-order valence-electron chi connectivity index (χ4n) is 5.14. The van der Waals surface area contributed by atoms with Crippen LogP contribution >= 0.6 is 0 Å². The standard InChI is InChI=1S/C28H58O3/c1-8-10-12-14-16-17-19-21-24-27(25-22-26(3)4,28(29-5,30-6)31-7)23-20-18-15-13-11-9-2/h26H,8-25H2,1-7H3. The summed E-state index contributed by atoms with van der Waals surface area (Å²) in [6.45, 7) is 9.21. The Morgan fingerprint density at radius 1 is 0.516 bits per heavy atom. The highest BCUT2D eigenvalue weighted by Gasteiger charge is 2.52. The first kappa shape index (κ1) is 30.9. The summed E-state index contributed by atoms with van der Waals surface area (Å²) in [7, 11) is 5.27. The van der Waals surface area contributed by atoms with E-state index in [1.807, 2.05) is 0 Å². The second-order valence-corrected chi connectivity index (χ2v) is 10.1. The zero-order chi connectivity index (χ0) is 23.4. The average molecular weight is 443 g/mol. The second kappa shape index (κ2) is 19.4. The normalized spacial score (nSPS) is 14.3. The molecule has 0 spiro atoms.